The summed E-state index contributed by atoms with van der Waals surface area (Å²) in [6.07, 6.45) is 6.48. The van der Waals surface area contributed by atoms with Crippen molar-refractivity contribution in [3.05, 3.63) is 47.8 Å². The molecule has 32 heavy (non-hydrogen) atoms. The summed E-state index contributed by atoms with van der Waals surface area (Å²) in [5, 5.41) is 11.4. The molecule has 178 valence electrons. The predicted molar refractivity (Wildman–Crippen MR) is 141 cm³/mol. The summed E-state index contributed by atoms with van der Waals surface area (Å²) in [4.78, 5) is 9.19. The number of guanidine groups is 1. The maximum atomic E-state index is 5.66. The molecule has 0 radical (unpaired) electrons. The monoisotopic (exact) mass is 555 g/mol. The summed E-state index contributed by atoms with van der Waals surface area (Å²) in [5.41, 5.74) is 2.40. The molecule has 0 bridgehead atoms. The first-order valence-corrected chi connectivity index (χ1v) is 11.0. The zero-order valence-corrected chi connectivity index (χ0v) is 22.2. The smallest absolute Gasteiger partial charge is 0.191 e. The number of aryl methyl sites for hydroxylation is 1. The van der Waals surface area contributed by atoms with E-state index >= 15 is 0 Å². The van der Waals surface area contributed by atoms with Crippen LogP contribution in [0.25, 0.3) is 0 Å². The Morgan fingerprint density at radius 3 is 2.47 bits per heavy atom. The average molecular weight is 556 g/mol. The Kier molecular flexibility index (Phi) is 10.7. The maximum absolute atomic E-state index is 5.66. The molecule has 1 saturated heterocycles. The molecule has 1 aromatic carbocycles. The van der Waals surface area contributed by atoms with Gasteiger partial charge in [0.05, 0.1) is 25.4 Å². The lowest BCUT2D eigenvalue weighted by Gasteiger charge is -2.30. The van der Waals surface area contributed by atoms with E-state index in [2.05, 4.69) is 62.9 Å². The average Bonchev–Trinajstić information content (AvgIpc) is 3.45. The fourth-order valence-corrected chi connectivity index (χ4v) is 4.25. The number of likely N-dealkylation sites (N-methyl/N-ethyl adjacent to an activating group) is 1. The van der Waals surface area contributed by atoms with Crippen molar-refractivity contribution in [2.75, 3.05) is 54.4 Å². The zero-order valence-electron chi connectivity index (χ0n) is 19.9. The SMILES string of the molecule is CN=C(NCC(c1cnn(C)c1)N(C)C)NCC(c1ccccc1OC)N1CCCC1.I. The van der Waals surface area contributed by atoms with Crippen molar-refractivity contribution in [1.29, 1.82) is 0 Å². The third kappa shape index (κ3) is 6.82. The number of nitrogens with one attached hydrogen (secondary N) is 2. The van der Waals surface area contributed by atoms with Crippen LogP contribution in [0.15, 0.2) is 41.7 Å². The Morgan fingerprint density at radius 1 is 1.19 bits per heavy atom. The quantitative estimate of drug-likeness (QED) is 0.282. The number of methoxy groups -OCH3 is 1. The Morgan fingerprint density at radius 2 is 1.88 bits per heavy atom. The number of aliphatic imine (C=N–C) groups is 1. The molecule has 2 heterocycles. The molecular formula is C23H38IN7O. The lowest BCUT2D eigenvalue weighted by atomic mass is 10.0. The molecule has 2 unspecified atom stereocenters. The molecule has 1 aliphatic rings. The fraction of sp³-hybridized carbons (Fsp3) is 0.565. The van der Waals surface area contributed by atoms with Crippen LogP contribution in [0.1, 0.15) is 36.1 Å². The molecular weight excluding hydrogens is 517 g/mol. The number of para-hydroxylation sites is 1. The van der Waals surface area contributed by atoms with E-state index in [1.54, 1.807) is 7.11 Å². The first-order chi connectivity index (χ1) is 15.0. The first-order valence-electron chi connectivity index (χ1n) is 11.0. The van der Waals surface area contributed by atoms with Crippen LogP contribution in [0.4, 0.5) is 0 Å². The second-order valence-corrected chi connectivity index (χ2v) is 8.26. The molecule has 3 rings (SSSR count). The van der Waals surface area contributed by atoms with Crippen molar-refractivity contribution in [3.8, 4) is 5.75 Å². The normalized spacial score (nSPS) is 16.5. The highest BCUT2D eigenvalue weighted by Crippen LogP contribution is 2.31. The number of hydrogen-bond donors (Lipinski definition) is 2. The number of hydrogen-bond acceptors (Lipinski definition) is 5. The summed E-state index contributed by atoms with van der Waals surface area (Å²) in [6, 6.07) is 8.77. The number of ether oxygens (including phenoxy) is 1. The van der Waals surface area contributed by atoms with Gasteiger partial charge in [0, 0.05) is 44.5 Å². The van der Waals surface area contributed by atoms with E-state index in [0.717, 1.165) is 37.9 Å². The summed E-state index contributed by atoms with van der Waals surface area (Å²) < 4.78 is 7.50. The number of likely N-dealkylation sites (tertiary alicyclic amines) is 1. The van der Waals surface area contributed by atoms with Gasteiger partial charge in [0.2, 0.25) is 0 Å². The van der Waals surface area contributed by atoms with Gasteiger partial charge in [-0.2, -0.15) is 5.10 Å². The van der Waals surface area contributed by atoms with E-state index in [4.69, 9.17) is 4.74 Å². The van der Waals surface area contributed by atoms with Gasteiger partial charge in [-0.3, -0.25) is 14.6 Å². The number of halogens is 1. The molecule has 0 aliphatic carbocycles. The van der Waals surface area contributed by atoms with Gasteiger partial charge in [-0.1, -0.05) is 18.2 Å². The zero-order chi connectivity index (χ0) is 22.2. The minimum Gasteiger partial charge on any atom is -0.496 e. The number of benzene rings is 1. The van der Waals surface area contributed by atoms with Crippen molar-refractivity contribution < 1.29 is 4.74 Å². The molecule has 1 fully saturated rings. The van der Waals surface area contributed by atoms with Gasteiger partial charge in [-0.25, -0.2) is 0 Å². The molecule has 8 nitrogen and oxygen atoms in total. The minimum atomic E-state index is 0. The van der Waals surface area contributed by atoms with E-state index in [0.29, 0.717) is 0 Å². The van der Waals surface area contributed by atoms with Crippen LogP contribution in [0.3, 0.4) is 0 Å². The third-order valence-electron chi connectivity index (χ3n) is 5.96. The second kappa shape index (κ2) is 13.0. The van der Waals surface area contributed by atoms with E-state index in [9.17, 15) is 0 Å². The van der Waals surface area contributed by atoms with E-state index in [1.165, 1.54) is 24.0 Å². The Labute approximate surface area is 209 Å². The molecule has 2 N–H and O–H groups in total. The van der Waals surface area contributed by atoms with Gasteiger partial charge in [0.15, 0.2) is 5.96 Å². The molecule has 2 aromatic rings. The van der Waals surface area contributed by atoms with Crippen LogP contribution < -0.4 is 15.4 Å². The van der Waals surface area contributed by atoms with E-state index in [-0.39, 0.29) is 36.1 Å². The molecule has 0 spiro atoms. The van der Waals surface area contributed by atoms with Crippen LogP contribution in [-0.2, 0) is 7.05 Å². The predicted octanol–water partition coefficient (Wildman–Crippen LogP) is 2.65. The van der Waals surface area contributed by atoms with Crippen molar-refractivity contribution >= 4 is 29.9 Å². The maximum Gasteiger partial charge on any atom is 0.191 e. The van der Waals surface area contributed by atoms with Crippen molar-refractivity contribution in [1.82, 2.24) is 30.2 Å². The first kappa shape index (κ1) is 26.4. The highest BCUT2D eigenvalue weighted by atomic mass is 127. The van der Waals surface area contributed by atoms with Gasteiger partial charge in [0.1, 0.15) is 5.75 Å². The van der Waals surface area contributed by atoms with Crippen LogP contribution in [-0.4, -0.2) is 80.0 Å². The molecule has 1 aromatic heterocycles. The molecule has 0 amide bonds. The Balaban J connectivity index is 0.00000363. The number of rotatable bonds is 9. The largest absolute Gasteiger partial charge is 0.496 e. The van der Waals surface area contributed by atoms with Gasteiger partial charge in [-0.05, 0) is 46.1 Å². The minimum absolute atomic E-state index is 0. The van der Waals surface area contributed by atoms with Crippen molar-refractivity contribution in [2.24, 2.45) is 12.0 Å². The van der Waals surface area contributed by atoms with Crippen LogP contribution in [0, 0.1) is 0 Å². The van der Waals surface area contributed by atoms with E-state index < -0.39 is 0 Å². The summed E-state index contributed by atoms with van der Waals surface area (Å²) in [7, 11) is 9.67. The summed E-state index contributed by atoms with van der Waals surface area (Å²) >= 11 is 0. The molecule has 0 saturated carbocycles. The Bertz CT molecular complexity index is 848. The van der Waals surface area contributed by atoms with Gasteiger partial charge >= 0.3 is 0 Å². The number of nitrogens with zero attached hydrogens (tertiary/aromatic N) is 5. The topological polar surface area (TPSA) is 70.0 Å². The molecule has 2 atom stereocenters. The highest BCUT2D eigenvalue weighted by Gasteiger charge is 2.26. The second-order valence-electron chi connectivity index (χ2n) is 8.26. The number of aromatic nitrogens is 2. The standard InChI is InChI=1S/C23H37N7O.HI/c1-24-23(25-15-20(28(2)3)18-14-27-29(4)17-18)26-16-21(30-12-8-9-13-30)19-10-6-7-11-22(19)31-5;/h6-7,10-11,14,17,20-21H,8-9,12-13,15-16H2,1-5H3,(H2,24,25,26);1H. The van der Waals surface area contributed by atoms with Crippen LogP contribution in [0.5, 0.6) is 5.75 Å². The molecule has 1 aliphatic heterocycles. The lowest BCUT2D eigenvalue weighted by molar-refractivity contribution is 0.239. The van der Waals surface area contributed by atoms with Gasteiger partial charge < -0.3 is 20.3 Å². The lowest BCUT2D eigenvalue weighted by Crippen LogP contribution is -2.45. The van der Waals surface area contributed by atoms with E-state index in [1.807, 2.05) is 37.1 Å². The highest BCUT2D eigenvalue weighted by molar-refractivity contribution is 14.0. The third-order valence-corrected chi connectivity index (χ3v) is 5.96. The summed E-state index contributed by atoms with van der Waals surface area (Å²) in [5.74, 6) is 1.74. The fourth-order valence-electron chi connectivity index (χ4n) is 4.25. The Hall–Kier alpha value is -1.85. The summed E-state index contributed by atoms with van der Waals surface area (Å²) in [6.45, 7) is 3.72. The van der Waals surface area contributed by atoms with Crippen molar-refractivity contribution in [3.63, 3.8) is 0 Å². The van der Waals surface area contributed by atoms with Crippen LogP contribution in [0.2, 0.25) is 0 Å². The van der Waals surface area contributed by atoms with Gasteiger partial charge in [0.25, 0.3) is 0 Å². The molecule has 9 heteroatoms. The van der Waals surface area contributed by atoms with Crippen molar-refractivity contribution in [2.45, 2.75) is 24.9 Å². The van der Waals surface area contributed by atoms with Crippen LogP contribution >= 0.6 is 24.0 Å². The van der Waals surface area contributed by atoms with Gasteiger partial charge in [-0.15, -0.1) is 24.0 Å².